The molecule has 48 heavy (non-hydrogen) atoms. The Morgan fingerprint density at radius 3 is 1.83 bits per heavy atom. The molecule has 3 aliphatic heterocycles. The predicted molar refractivity (Wildman–Crippen MR) is 154 cm³/mol. The molecule has 258 valence electrons. The third-order valence-corrected chi connectivity index (χ3v) is 9.85. The number of aromatic amines is 2. The van der Waals surface area contributed by atoms with Crippen molar-refractivity contribution in [3.63, 3.8) is 0 Å². The lowest BCUT2D eigenvalue weighted by molar-refractivity contribution is -0.126. The van der Waals surface area contributed by atoms with Gasteiger partial charge < -0.3 is 35.8 Å². The van der Waals surface area contributed by atoms with Gasteiger partial charge in [0.2, 0.25) is 11.9 Å². The second-order valence-electron chi connectivity index (χ2n) is 11.0. The maximum Gasteiger partial charge on any atom is 0.472 e. The van der Waals surface area contributed by atoms with Crippen LogP contribution in [-0.2, 0) is 41.5 Å². The molecule has 3 aliphatic rings. The molecule has 0 bridgehead atoms. The second kappa shape index (κ2) is 11.6. The first kappa shape index (κ1) is 32.6. The van der Waals surface area contributed by atoms with Crippen LogP contribution in [0.5, 0.6) is 0 Å². The van der Waals surface area contributed by atoms with E-state index in [0.29, 0.717) is 0 Å². The van der Waals surface area contributed by atoms with E-state index in [1.165, 1.54) is 4.57 Å². The van der Waals surface area contributed by atoms with Crippen LogP contribution in [-0.4, -0.2) is 103 Å². The number of ether oxygens (including phenoxy) is 2. The standard InChI is InChI=1S/C22H26N10O14P2/c1-6(33)9-13-7(43-19(9)31-4-25-10-15(31)27-21(23)29-17(10)35)2-41-48(39,40)46-14-8(3-42-47(37,38)45-13)44-20(12(14)34)32-5-26-11-16(32)28-22(24)30-18(11)36/h4-5,7-9,12-14,19-20,34H,2-3H2,1H3,(H,37,38)(H,39,40)(H3,23,27,29,35)(H3,24,28,30,36)/t7-,8+,9?,12?,13+,14+,19-,20-/m1/s1. The molecule has 0 saturated carbocycles. The Labute approximate surface area is 265 Å². The van der Waals surface area contributed by atoms with Crippen molar-refractivity contribution in [2.45, 2.75) is 49.9 Å². The Morgan fingerprint density at radius 1 is 0.854 bits per heavy atom. The van der Waals surface area contributed by atoms with Gasteiger partial charge in [-0.05, 0) is 6.92 Å². The molecular weight excluding hydrogens is 690 g/mol. The summed E-state index contributed by atoms with van der Waals surface area (Å²) in [4.78, 5) is 79.5. The molecular formula is C22H26N10O14P2. The Hall–Kier alpha value is -3.93. The zero-order valence-electron chi connectivity index (χ0n) is 24.3. The number of carbonyl (C=O) groups excluding carboxylic acids is 1. The van der Waals surface area contributed by atoms with Crippen LogP contribution in [0.25, 0.3) is 22.3 Å². The minimum Gasteiger partial charge on any atom is -0.386 e. The number of hydrogen-bond donors (Lipinski definition) is 7. The average molecular weight is 716 g/mol. The van der Waals surface area contributed by atoms with E-state index >= 15 is 0 Å². The van der Waals surface area contributed by atoms with Crippen LogP contribution in [0.1, 0.15) is 19.4 Å². The fourth-order valence-electron chi connectivity index (χ4n) is 5.85. The topological polar surface area (TPSA) is 346 Å². The molecule has 0 aliphatic carbocycles. The van der Waals surface area contributed by atoms with Crippen LogP contribution in [0.2, 0.25) is 0 Å². The van der Waals surface area contributed by atoms with E-state index in [1.54, 1.807) is 0 Å². The van der Waals surface area contributed by atoms with Crippen LogP contribution in [0, 0.1) is 5.92 Å². The second-order valence-corrected chi connectivity index (χ2v) is 13.8. The number of Topliss-reactive ketones (excluding diaryl/α,β-unsaturated/α-hetero) is 1. The first-order valence-electron chi connectivity index (χ1n) is 13.9. The number of ketones is 1. The number of nitrogens with one attached hydrogen (secondary N) is 2. The average Bonchev–Trinajstić information content (AvgIpc) is 3.75. The first-order valence-corrected chi connectivity index (χ1v) is 16.9. The summed E-state index contributed by atoms with van der Waals surface area (Å²) >= 11 is 0. The largest absolute Gasteiger partial charge is 0.472 e. The zero-order valence-corrected chi connectivity index (χ0v) is 26.0. The number of aliphatic hydroxyl groups excluding tert-OH is 1. The fourth-order valence-corrected chi connectivity index (χ4v) is 7.78. The Kier molecular flexibility index (Phi) is 7.88. The summed E-state index contributed by atoms with van der Waals surface area (Å²) in [5.41, 5.74) is 9.36. The van der Waals surface area contributed by atoms with Crippen LogP contribution in [0.15, 0.2) is 22.2 Å². The van der Waals surface area contributed by atoms with Crippen molar-refractivity contribution in [1.82, 2.24) is 39.0 Å². The number of H-pyrrole nitrogens is 2. The number of rotatable bonds is 3. The Balaban J connectivity index is 1.21. The van der Waals surface area contributed by atoms with Crippen molar-refractivity contribution in [2.75, 3.05) is 24.7 Å². The van der Waals surface area contributed by atoms with Crippen LogP contribution in [0.4, 0.5) is 11.9 Å². The lowest BCUT2D eigenvalue weighted by atomic mass is 9.96. The fraction of sp³-hybridized carbons (Fsp3) is 0.500. The van der Waals surface area contributed by atoms with Crippen molar-refractivity contribution < 1.29 is 56.4 Å². The van der Waals surface area contributed by atoms with Crippen LogP contribution >= 0.6 is 15.6 Å². The molecule has 4 unspecified atom stereocenters. The lowest BCUT2D eigenvalue weighted by Crippen LogP contribution is -2.39. The molecule has 3 fully saturated rings. The number of aliphatic hydroxyl groups is 1. The predicted octanol–water partition coefficient (Wildman–Crippen LogP) is -2.20. The van der Waals surface area contributed by atoms with Gasteiger partial charge in [0.25, 0.3) is 11.1 Å². The number of carbonyl (C=O) groups is 1. The summed E-state index contributed by atoms with van der Waals surface area (Å²) in [5, 5.41) is 11.2. The molecule has 10 atom stereocenters. The van der Waals surface area contributed by atoms with Gasteiger partial charge in [0.1, 0.15) is 42.5 Å². The number of imidazole rings is 2. The number of aromatic nitrogens is 8. The molecule has 9 N–H and O–H groups in total. The highest BCUT2D eigenvalue weighted by Gasteiger charge is 2.55. The molecule has 0 spiro atoms. The van der Waals surface area contributed by atoms with Crippen molar-refractivity contribution in [3.05, 3.63) is 33.4 Å². The van der Waals surface area contributed by atoms with Gasteiger partial charge in [-0.25, -0.2) is 19.1 Å². The number of hydrogen-bond acceptors (Lipinski definition) is 18. The van der Waals surface area contributed by atoms with Gasteiger partial charge in [-0.2, -0.15) is 9.97 Å². The highest BCUT2D eigenvalue weighted by molar-refractivity contribution is 7.47. The van der Waals surface area contributed by atoms with Gasteiger partial charge in [-0.1, -0.05) is 0 Å². The van der Waals surface area contributed by atoms with Gasteiger partial charge in [0, 0.05) is 0 Å². The summed E-state index contributed by atoms with van der Waals surface area (Å²) in [6.45, 7) is -0.605. The summed E-state index contributed by atoms with van der Waals surface area (Å²) in [5.74, 6) is -2.61. The van der Waals surface area contributed by atoms with Gasteiger partial charge in [-0.15, -0.1) is 0 Å². The zero-order chi connectivity index (χ0) is 34.3. The number of phosphoric ester groups is 2. The number of nitrogens with zero attached hydrogens (tertiary/aromatic N) is 6. The highest BCUT2D eigenvalue weighted by atomic mass is 31.2. The normalized spacial score (nSPS) is 36.0. The van der Waals surface area contributed by atoms with Gasteiger partial charge in [0.05, 0.1) is 31.8 Å². The third-order valence-electron chi connectivity index (χ3n) is 7.88. The smallest absolute Gasteiger partial charge is 0.386 e. The Bertz CT molecular complexity index is 2150. The van der Waals surface area contributed by atoms with Crippen molar-refractivity contribution in [3.8, 4) is 0 Å². The van der Waals surface area contributed by atoms with Crippen molar-refractivity contribution >= 4 is 55.7 Å². The van der Waals surface area contributed by atoms with Crippen molar-refractivity contribution in [1.29, 1.82) is 0 Å². The van der Waals surface area contributed by atoms with E-state index in [-0.39, 0.29) is 34.2 Å². The molecule has 0 radical (unpaired) electrons. The van der Waals surface area contributed by atoms with Crippen LogP contribution < -0.4 is 22.6 Å². The van der Waals surface area contributed by atoms with E-state index in [0.717, 1.165) is 24.1 Å². The first-order chi connectivity index (χ1) is 22.6. The minimum absolute atomic E-state index is 0.105. The maximum atomic E-state index is 13.3. The van der Waals surface area contributed by atoms with Gasteiger partial charge in [0.15, 0.2) is 28.6 Å². The summed E-state index contributed by atoms with van der Waals surface area (Å²) in [6, 6.07) is 0. The molecule has 26 heteroatoms. The summed E-state index contributed by atoms with van der Waals surface area (Å²) in [7, 11) is -10.3. The van der Waals surface area contributed by atoms with E-state index in [4.69, 9.17) is 39.0 Å². The molecule has 24 nitrogen and oxygen atoms in total. The minimum atomic E-state index is -5.13. The van der Waals surface area contributed by atoms with E-state index in [1.807, 2.05) is 0 Å². The SMILES string of the molecule is CC(=O)C1[C@H]2OP(=O)(O)OC[C@@H]3O[C@@H](n4cnc5c(=O)[nH]c(N)nc54)C(O)[C@H]3OP(=O)(O)OC[C@H]2O[C@H]1n1cnc2c(=O)[nH]c(N)nc21. The van der Waals surface area contributed by atoms with Crippen LogP contribution in [0.3, 0.4) is 0 Å². The quantitative estimate of drug-likeness (QED) is 0.111. The monoisotopic (exact) mass is 716 g/mol. The third kappa shape index (κ3) is 5.65. The number of anilines is 2. The van der Waals surface area contributed by atoms with Gasteiger partial charge >= 0.3 is 15.6 Å². The summed E-state index contributed by atoms with van der Waals surface area (Å²) in [6.07, 6.45) is -8.91. The van der Waals surface area contributed by atoms with E-state index < -0.39 is 94.7 Å². The number of nitrogen functional groups attached to an aromatic ring is 2. The lowest BCUT2D eigenvalue weighted by Gasteiger charge is -2.28. The molecule has 7 rings (SSSR count). The van der Waals surface area contributed by atoms with E-state index in [2.05, 4.69) is 29.9 Å². The Morgan fingerprint density at radius 2 is 1.31 bits per heavy atom. The van der Waals surface area contributed by atoms with E-state index in [9.17, 15) is 38.4 Å². The number of phosphoric acid groups is 2. The molecule has 7 heterocycles. The van der Waals surface area contributed by atoms with Gasteiger partial charge in [-0.3, -0.25) is 51.6 Å². The highest BCUT2D eigenvalue weighted by Crippen LogP contribution is 2.54. The summed E-state index contributed by atoms with van der Waals surface area (Å²) < 4.78 is 61.6. The van der Waals surface area contributed by atoms with Crippen molar-refractivity contribution in [2.24, 2.45) is 5.92 Å². The molecule has 0 amide bonds. The maximum absolute atomic E-state index is 13.3. The molecule has 3 saturated heterocycles. The molecule has 4 aromatic rings. The molecule has 0 aromatic carbocycles. The number of fused-ring (bicyclic) bond motifs is 4. The number of nitrogens with two attached hydrogens (primary N) is 2. The molecule has 4 aromatic heterocycles.